The van der Waals surface area contributed by atoms with Crippen LogP contribution in [0.1, 0.15) is 28.8 Å². The maximum Gasteiger partial charge on any atom is 0.332 e. The van der Waals surface area contributed by atoms with Crippen molar-refractivity contribution in [3.05, 3.63) is 94.5 Å². The predicted molar refractivity (Wildman–Crippen MR) is 136 cm³/mol. The van der Waals surface area contributed by atoms with E-state index in [9.17, 15) is 19.2 Å². The zero-order valence-corrected chi connectivity index (χ0v) is 20.6. The molecular weight excluding hydrogens is 528 g/mol. The average Bonchev–Trinajstić information content (AvgIpc) is 3.12. The van der Waals surface area contributed by atoms with Gasteiger partial charge in [0.2, 0.25) is 5.91 Å². The van der Waals surface area contributed by atoms with Crippen molar-refractivity contribution in [2.24, 2.45) is 0 Å². The number of benzene rings is 3. The van der Waals surface area contributed by atoms with E-state index in [0.29, 0.717) is 11.4 Å². The number of urea groups is 1. The molecule has 3 aromatic carbocycles. The van der Waals surface area contributed by atoms with Gasteiger partial charge in [-0.1, -0.05) is 46.3 Å². The van der Waals surface area contributed by atoms with Crippen LogP contribution in [0, 0.1) is 0 Å². The molecule has 184 valence electrons. The lowest BCUT2D eigenvalue weighted by Crippen LogP contribution is -2.35. The van der Waals surface area contributed by atoms with E-state index in [4.69, 9.17) is 5.21 Å². The summed E-state index contributed by atoms with van der Waals surface area (Å²) in [7, 11) is 0. The van der Waals surface area contributed by atoms with Gasteiger partial charge in [0.05, 0.1) is 5.69 Å². The number of carbonyl (C=O) groups excluding carboxylic acids is 4. The Bertz CT molecular complexity index is 1270. The number of nitrogens with one attached hydrogen (secondary N) is 2. The second-order valence-corrected chi connectivity index (χ2v) is 9.08. The van der Waals surface area contributed by atoms with Crippen molar-refractivity contribution < 1.29 is 24.4 Å². The van der Waals surface area contributed by atoms with Gasteiger partial charge in [-0.25, -0.2) is 15.2 Å². The van der Waals surface area contributed by atoms with Crippen LogP contribution < -0.4 is 15.7 Å². The molecule has 0 radical (unpaired) electrons. The maximum absolute atomic E-state index is 13.3. The maximum atomic E-state index is 13.3. The molecule has 1 atom stereocenters. The first-order chi connectivity index (χ1) is 17.4. The molecule has 10 heteroatoms. The number of hydroxylamine groups is 1. The second-order valence-electron chi connectivity index (χ2n) is 8.17. The van der Waals surface area contributed by atoms with Crippen molar-refractivity contribution in [3.63, 3.8) is 0 Å². The quantitative estimate of drug-likeness (QED) is 0.219. The number of hydrogen-bond donors (Lipinski definition) is 3. The van der Waals surface area contributed by atoms with E-state index in [0.717, 1.165) is 14.9 Å². The molecule has 1 aliphatic heterocycles. The highest BCUT2D eigenvalue weighted by Crippen LogP contribution is 2.29. The second kappa shape index (κ2) is 11.1. The van der Waals surface area contributed by atoms with E-state index in [2.05, 4.69) is 21.2 Å². The van der Waals surface area contributed by atoms with Gasteiger partial charge in [0.25, 0.3) is 11.8 Å². The third kappa shape index (κ3) is 5.61. The molecule has 9 nitrogen and oxygen atoms in total. The molecule has 1 fully saturated rings. The van der Waals surface area contributed by atoms with Gasteiger partial charge in [-0.2, -0.15) is 0 Å². The summed E-state index contributed by atoms with van der Waals surface area (Å²) in [4.78, 5) is 53.4. The summed E-state index contributed by atoms with van der Waals surface area (Å²) in [5, 5.41) is 11.4. The van der Waals surface area contributed by atoms with Gasteiger partial charge in [-0.15, -0.1) is 0 Å². The van der Waals surface area contributed by atoms with Crippen molar-refractivity contribution in [2.75, 3.05) is 10.2 Å². The van der Waals surface area contributed by atoms with Gasteiger partial charge in [-0.05, 0) is 60.5 Å². The van der Waals surface area contributed by atoms with E-state index >= 15 is 0 Å². The van der Waals surface area contributed by atoms with Gasteiger partial charge in [0.15, 0.2) is 0 Å². The molecule has 3 N–H and O–H groups in total. The van der Waals surface area contributed by atoms with Crippen molar-refractivity contribution in [1.29, 1.82) is 0 Å². The number of anilines is 2. The van der Waals surface area contributed by atoms with Gasteiger partial charge in [0.1, 0.15) is 6.04 Å². The smallest absolute Gasteiger partial charge is 0.326 e. The van der Waals surface area contributed by atoms with Crippen molar-refractivity contribution in [2.45, 2.75) is 25.4 Å². The van der Waals surface area contributed by atoms with E-state index in [1.165, 1.54) is 29.2 Å². The van der Waals surface area contributed by atoms with Crippen LogP contribution in [0.5, 0.6) is 0 Å². The van der Waals surface area contributed by atoms with Crippen LogP contribution in [0.2, 0.25) is 0 Å². The first kappa shape index (κ1) is 25.1. The molecule has 1 saturated heterocycles. The Labute approximate surface area is 215 Å². The van der Waals surface area contributed by atoms with E-state index in [-0.39, 0.29) is 36.8 Å². The van der Waals surface area contributed by atoms with Crippen molar-refractivity contribution in [1.82, 2.24) is 10.4 Å². The molecule has 0 spiro atoms. The lowest BCUT2D eigenvalue weighted by atomic mass is 10.1. The van der Waals surface area contributed by atoms with Gasteiger partial charge >= 0.3 is 6.03 Å². The Balaban J connectivity index is 1.48. The lowest BCUT2D eigenvalue weighted by molar-refractivity contribution is -0.120. The molecule has 0 aromatic heterocycles. The van der Waals surface area contributed by atoms with E-state index in [1.807, 2.05) is 24.3 Å². The standard InChI is InChI=1S/C26H23BrN4O5/c27-19-10-6-17(7-11-19)16-30-22(25(34)31(26(30)35)21-4-2-1-3-5-21)14-15-23(32)28-20-12-8-18(9-13-20)24(33)29-36/h1-13,22,36H,14-16H2,(H,28,32)(H,29,33). The Morgan fingerprint density at radius 3 is 2.22 bits per heavy atom. The molecule has 5 amide bonds. The van der Waals surface area contributed by atoms with Crippen LogP contribution in [-0.4, -0.2) is 39.9 Å². The van der Waals surface area contributed by atoms with Gasteiger partial charge < -0.3 is 10.2 Å². The van der Waals surface area contributed by atoms with Gasteiger partial charge in [0, 0.05) is 28.7 Å². The third-order valence-electron chi connectivity index (χ3n) is 5.78. The zero-order chi connectivity index (χ0) is 25.7. The molecule has 1 unspecified atom stereocenters. The number of hydrogen-bond acceptors (Lipinski definition) is 5. The fourth-order valence-corrected chi connectivity index (χ4v) is 4.22. The van der Waals surface area contributed by atoms with Crippen LogP contribution in [-0.2, 0) is 16.1 Å². The molecule has 0 saturated carbocycles. The molecule has 4 rings (SSSR count). The third-order valence-corrected chi connectivity index (χ3v) is 6.31. The first-order valence-electron chi connectivity index (χ1n) is 11.2. The van der Waals surface area contributed by atoms with E-state index in [1.54, 1.807) is 35.8 Å². The summed E-state index contributed by atoms with van der Waals surface area (Å²) >= 11 is 3.40. The molecule has 1 aliphatic rings. The van der Waals surface area contributed by atoms with Crippen molar-refractivity contribution >= 4 is 51.1 Å². The minimum atomic E-state index is -0.803. The average molecular weight is 551 g/mol. The van der Waals surface area contributed by atoms with Crippen LogP contribution in [0.3, 0.4) is 0 Å². The summed E-state index contributed by atoms with van der Waals surface area (Å²) in [5.41, 5.74) is 3.57. The number of para-hydroxylation sites is 1. The lowest BCUT2D eigenvalue weighted by Gasteiger charge is -2.22. The summed E-state index contributed by atoms with van der Waals surface area (Å²) in [5.74, 6) is -1.38. The Kier molecular flexibility index (Phi) is 7.77. The molecular formula is C26H23BrN4O5. The highest BCUT2D eigenvalue weighted by Gasteiger charge is 2.45. The first-order valence-corrected chi connectivity index (χ1v) is 11.9. The minimum absolute atomic E-state index is 0.00202. The highest BCUT2D eigenvalue weighted by atomic mass is 79.9. The number of rotatable bonds is 8. The Morgan fingerprint density at radius 1 is 0.917 bits per heavy atom. The molecule has 0 aliphatic carbocycles. The zero-order valence-electron chi connectivity index (χ0n) is 19.1. The number of carbonyl (C=O) groups is 4. The van der Waals surface area contributed by atoms with Crippen LogP contribution in [0.4, 0.5) is 16.2 Å². The predicted octanol–water partition coefficient (Wildman–Crippen LogP) is 4.32. The van der Waals surface area contributed by atoms with Crippen LogP contribution >= 0.6 is 15.9 Å². The monoisotopic (exact) mass is 550 g/mol. The number of imide groups is 1. The van der Waals surface area contributed by atoms with Crippen LogP contribution in [0.15, 0.2) is 83.3 Å². The van der Waals surface area contributed by atoms with E-state index < -0.39 is 18.0 Å². The SMILES string of the molecule is O=C(CCC1C(=O)N(c2ccccc2)C(=O)N1Cc1ccc(Br)cc1)Nc1ccc(C(=O)NO)cc1. The molecule has 0 bridgehead atoms. The van der Waals surface area contributed by atoms with Crippen molar-refractivity contribution in [3.8, 4) is 0 Å². The molecule has 1 heterocycles. The topological polar surface area (TPSA) is 119 Å². The number of halogens is 1. The van der Waals surface area contributed by atoms with Crippen LogP contribution in [0.25, 0.3) is 0 Å². The largest absolute Gasteiger partial charge is 0.332 e. The molecule has 36 heavy (non-hydrogen) atoms. The Hall–Kier alpha value is -4.02. The Morgan fingerprint density at radius 2 is 1.58 bits per heavy atom. The summed E-state index contributed by atoms with van der Waals surface area (Å²) in [6, 6.07) is 20.9. The summed E-state index contributed by atoms with van der Waals surface area (Å²) in [6.45, 7) is 0.224. The number of nitrogens with zero attached hydrogens (tertiary/aromatic N) is 2. The summed E-state index contributed by atoms with van der Waals surface area (Å²) < 4.78 is 0.902. The number of amides is 5. The normalized spacial score (nSPS) is 15.2. The fraction of sp³-hybridized carbons (Fsp3) is 0.154. The summed E-state index contributed by atoms with van der Waals surface area (Å²) in [6.07, 6.45) is 0.142. The van der Waals surface area contributed by atoms with Gasteiger partial charge in [-0.3, -0.25) is 19.6 Å². The fourth-order valence-electron chi connectivity index (χ4n) is 3.96. The molecule has 3 aromatic rings. The minimum Gasteiger partial charge on any atom is -0.326 e. The highest BCUT2D eigenvalue weighted by molar-refractivity contribution is 9.10.